The molecule has 0 amide bonds. The van der Waals surface area contributed by atoms with E-state index in [1.54, 1.807) is 0 Å². The second-order valence-corrected chi connectivity index (χ2v) is 5.74. The molecule has 0 aromatic carbocycles. The van der Waals surface area contributed by atoms with Gasteiger partial charge in [-0.15, -0.1) is 0 Å². The Morgan fingerprint density at radius 3 is 2.53 bits per heavy atom. The van der Waals surface area contributed by atoms with Crippen LogP contribution in [-0.4, -0.2) is 6.04 Å². The molecule has 1 rings (SSSR count). The summed E-state index contributed by atoms with van der Waals surface area (Å²) < 4.78 is 0. The molecule has 0 saturated heterocycles. The van der Waals surface area contributed by atoms with Crippen molar-refractivity contribution in [1.29, 1.82) is 0 Å². The summed E-state index contributed by atoms with van der Waals surface area (Å²) in [6, 6.07) is 0.497. The number of hydrogen-bond acceptors (Lipinski definition) is 1. The molecule has 2 N–H and O–H groups in total. The van der Waals surface area contributed by atoms with Crippen molar-refractivity contribution >= 4 is 0 Å². The quantitative estimate of drug-likeness (QED) is 0.684. The van der Waals surface area contributed by atoms with E-state index in [9.17, 15) is 0 Å². The maximum atomic E-state index is 6.22. The maximum Gasteiger partial charge on any atom is 0.00673 e. The van der Waals surface area contributed by atoms with Gasteiger partial charge in [-0.3, -0.25) is 0 Å². The van der Waals surface area contributed by atoms with Crippen molar-refractivity contribution in [3.63, 3.8) is 0 Å². The van der Waals surface area contributed by atoms with E-state index in [1.807, 2.05) is 0 Å². The van der Waals surface area contributed by atoms with Crippen molar-refractivity contribution < 1.29 is 0 Å². The molecule has 1 nitrogen and oxygen atoms in total. The molecular weight excluding hydrogens is 182 g/mol. The van der Waals surface area contributed by atoms with Gasteiger partial charge < -0.3 is 5.73 Å². The van der Waals surface area contributed by atoms with E-state index >= 15 is 0 Å². The summed E-state index contributed by atoms with van der Waals surface area (Å²) in [4.78, 5) is 0. The van der Waals surface area contributed by atoms with E-state index in [4.69, 9.17) is 5.73 Å². The molecule has 0 spiro atoms. The lowest BCUT2D eigenvalue weighted by atomic mass is 9.72. The lowest BCUT2D eigenvalue weighted by molar-refractivity contribution is 0.179. The van der Waals surface area contributed by atoms with Crippen LogP contribution in [0.4, 0.5) is 0 Å². The van der Waals surface area contributed by atoms with Gasteiger partial charge in [0, 0.05) is 6.04 Å². The van der Waals surface area contributed by atoms with Crippen molar-refractivity contribution in [2.75, 3.05) is 0 Å². The molecule has 0 aromatic rings. The fourth-order valence-electron chi connectivity index (χ4n) is 2.92. The van der Waals surface area contributed by atoms with Gasteiger partial charge in [-0.2, -0.15) is 0 Å². The Hall–Kier alpha value is -0.0400. The van der Waals surface area contributed by atoms with Gasteiger partial charge in [-0.25, -0.2) is 0 Å². The highest BCUT2D eigenvalue weighted by Gasteiger charge is 2.28. The normalized spacial score (nSPS) is 32.2. The summed E-state index contributed by atoms with van der Waals surface area (Å²) in [5.41, 5.74) is 6.22. The van der Waals surface area contributed by atoms with Gasteiger partial charge in [0.2, 0.25) is 0 Å². The van der Waals surface area contributed by atoms with Crippen molar-refractivity contribution in [2.24, 2.45) is 23.5 Å². The van der Waals surface area contributed by atoms with Crippen molar-refractivity contribution in [1.82, 2.24) is 0 Å². The zero-order chi connectivity index (χ0) is 11.3. The Bertz CT molecular complexity index is 165. The molecule has 0 aliphatic heterocycles. The molecule has 0 radical (unpaired) electrons. The van der Waals surface area contributed by atoms with Crippen LogP contribution in [-0.2, 0) is 0 Å². The molecule has 15 heavy (non-hydrogen) atoms. The van der Waals surface area contributed by atoms with E-state index in [0.29, 0.717) is 6.04 Å². The fourth-order valence-corrected chi connectivity index (χ4v) is 2.92. The molecule has 0 heterocycles. The highest BCUT2D eigenvalue weighted by atomic mass is 14.7. The van der Waals surface area contributed by atoms with Gasteiger partial charge >= 0.3 is 0 Å². The van der Waals surface area contributed by atoms with Crippen LogP contribution in [0.3, 0.4) is 0 Å². The smallest absolute Gasteiger partial charge is 0.00673 e. The van der Waals surface area contributed by atoms with Crippen LogP contribution in [0, 0.1) is 17.8 Å². The number of hydrogen-bond donors (Lipinski definition) is 1. The molecule has 3 unspecified atom stereocenters. The third-order valence-electron chi connectivity index (χ3n) is 4.20. The Morgan fingerprint density at radius 1 is 1.20 bits per heavy atom. The van der Waals surface area contributed by atoms with Crippen LogP contribution in [0.2, 0.25) is 0 Å². The molecular formula is C14H29N. The zero-order valence-electron chi connectivity index (χ0n) is 10.8. The number of rotatable bonds is 5. The standard InChI is InChI=1S/C14H29N/c1-4-5-6-7-13-10-12(11(2)3)8-9-14(13)15/h11-14H,4-10,15H2,1-3H3. The first-order valence-electron chi connectivity index (χ1n) is 6.90. The third kappa shape index (κ3) is 4.14. The molecule has 0 aromatic heterocycles. The van der Waals surface area contributed by atoms with Gasteiger partial charge in [0.05, 0.1) is 0 Å². The van der Waals surface area contributed by atoms with Crippen molar-refractivity contribution in [3.05, 3.63) is 0 Å². The monoisotopic (exact) mass is 211 g/mol. The maximum absolute atomic E-state index is 6.22. The van der Waals surface area contributed by atoms with E-state index in [-0.39, 0.29) is 0 Å². The second kappa shape index (κ2) is 6.52. The lowest BCUT2D eigenvalue weighted by Crippen LogP contribution is -2.37. The largest absolute Gasteiger partial charge is 0.327 e. The van der Waals surface area contributed by atoms with Crippen LogP contribution < -0.4 is 5.73 Å². The van der Waals surface area contributed by atoms with Crippen LogP contribution in [0.1, 0.15) is 65.7 Å². The van der Waals surface area contributed by atoms with Gasteiger partial charge in [-0.05, 0) is 43.4 Å². The highest BCUT2D eigenvalue weighted by Crippen LogP contribution is 2.35. The van der Waals surface area contributed by atoms with E-state index in [0.717, 1.165) is 17.8 Å². The van der Waals surface area contributed by atoms with Crippen molar-refractivity contribution in [2.45, 2.75) is 71.8 Å². The Balaban J connectivity index is 2.32. The topological polar surface area (TPSA) is 26.0 Å². The summed E-state index contributed by atoms with van der Waals surface area (Å²) in [5, 5.41) is 0. The average Bonchev–Trinajstić information content (AvgIpc) is 2.20. The van der Waals surface area contributed by atoms with Crippen LogP contribution >= 0.6 is 0 Å². The minimum absolute atomic E-state index is 0.497. The SMILES string of the molecule is CCCCCC1CC(C(C)C)CCC1N. The fraction of sp³-hybridized carbons (Fsp3) is 1.00. The Labute approximate surface area is 95.8 Å². The summed E-state index contributed by atoms with van der Waals surface area (Å²) in [7, 11) is 0. The summed E-state index contributed by atoms with van der Waals surface area (Å²) in [5.74, 6) is 2.61. The molecule has 1 saturated carbocycles. The summed E-state index contributed by atoms with van der Waals surface area (Å²) in [6.45, 7) is 7.01. The highest BCUT2D eigenvalue weighted by molar-refractivity contribution is 4.83. The molecule has 1 heteroatoms. The van der Waals surface area contributed by atoms with E-state index in [1.165, 1.54) is 44.9 Å². The predicted octanol–water partition coefficient (Wildman–Crippen LogP) is 3.97. The predicted molar refractivity (Wildman–Crippen MR) is 67.8 cm³/mol. The first-order valence-corrected chi connectivity index (χ1v) is 6.90. The second-order valence-electron chi connectivity index (χ2n) is 5.74. The van der Waals surface area contributed by atoms with Gasteiger partial charge in [0.15, 0.2) is 0 Å². The molecule has 90 valence electrons. The number of nitrogens with two attached hydrogens (primary N) is 1. The van der Waals surface area contributed by atoms with E-state index < -0.39 is 0 Å². The van der Waals surface area contributed by atoms with Gasteiger partial charge in [0.25, 0.3) is 0 Å². The van der Waals surface area contributed by atoms with E-state index in [2.05, 4.69) is 20.8 Å². The van der Waals surface area contributed by atoms with Gasteiger partial charge in [0.1, 0.15) is 0 Å². The molecule has 0 bridgehead atoms. The van der Waals surface area contributed by atoms with Crippen LogP contribution in [0.25, 0.3) is 0 Å². The lowest BCUT2D eigenvalue weighted by Gasteiger charge is -2.36. The average molecular weight is 211 g/mol. The minimum Gasteiger partial charge on any atom is -0.327 e. The summed E-state index contributed by atoms with van der Waals surface area (Å²) in [6.07, 6.45) is 9.49. The molecule has 1 fully saturated rings. The number of unbranched alkanes of at least 4 members (excludes halogenated alkanes) is 2. The van der Waals surface area contributed by atoms with Crippen LogP contribution in [0.15, 0.2) is 0 Å². The van der Waals surface area contributed by atoms with Gasteiger partial charge in [-0.1, -0.05) is 40.0 Å². The Kier molecular flexibility index (Phi) is 5.66. The minimum atomic E-state index is 0.497. The summed E-state index contributed by atoms with van der Waals surface area (Å²) >= 11 is 0. The third-order valence-corrected chi connectivity index (χ3v) is 4.20. The first-order chi connectivity index (χ1) is 7.15. The van der Waals surface area contributed by atoms with Crippen LogP contribution in [0.5, 0.6) is 0 Å². The Morgan fingerprint density at radius 2 is 1.93 bits per heavy atom. The van der Waals surface area contributed by atoms with Crippen molar-refractivity contribution in [3.8, 4) is 0 Å². The zero-order valence-corrected chi connectivity index (χ0v) is 10.8. The first kappa shape index (κ1) is 13.0. The molecule has 3 atom stereocenters. The molecule has 1 aliphatic rings. The molecule has 1 aliphatic carbocycles.